The predicted molar refractivity (Wildman–Crippen MR) is 80.0 cm³/mol. The van der Waals surface area contributed by atoms with Crippen molar-refractivity contribution < 1.29 is 9.47 Å². The molecule has 0 heterocycles. The van der Waals surface area contributed by atoms with Gasteiger partial charge in [-0.1, -0.05) is 42.1 Å². The molecule has 2 nitrogen and oxygen atoms in total. The van der Waals surface area contributed by atoms with E-state index in [9.17, 15) is 0 Å². The van der Waals surface area contributed by atoms with E-state index in [0.29, 0.717) is 5.75 Å². The Morgan fingerprint density at radius 2 is 1.78 bits per heavy atom. The lowest BCUT2D eigenvalue weighted by atomic mass is 10.1. The van der Waals surface area contributed by atoms with E-state index < -0.39 is 0 Å². The summed E-state index contributed by atoms with van der Waals surface area (Å²) in [5.74, 6) is 1.43. The first-order valence-electron chi connectivity index (χ1n) is 6.19. The van der Waals surface area contributed by atoms with Crippen LogP contribution in [0.3, 0.4) is 0 Å². The quantitative estimate of drug-likeness (QED) is 0.495. The van der Waals surface area contributed by atoms with Gasteiger partial charge in [0.1, 0.15) is 0 Å². The van der Waals surface area contributed by atoms with Gasteiger partial charge in [0.05, 0.1) is 19.6 Å². The largest absolute Gasteiger partial charge is 0.493 e. The van der Waals surface area contributed by atoms with Gasteiger partial charge in [-0.25, -0.2) is 0 Å². The highest BCUT2D eigenvalue weighted by Gasteiger charge is 2.15. The average Bonchev–Trinajstić information content (AvgIpc) is 2.38. The second-order valence-corrected chi connectivity index (χ2v) is 5.57. The maximum atomic E-state index is 6.45. The molecule has 4 heteroatoms. The smallest absolute Gasteiger partial charge is 0.161 e. The van der Waals surface area contributed by atoms with E-state index in [0.717, 1.165) is 28.6 Å². The molecule has 0 spiro atoms. The summed E-state index contributed by atoms with van der Waals surface area (Å²) in [6, 6.07) is 3.86. The maximum Gasteiger partial charge on any atom is 0.161 e. The van der Waals surface area contributed by atoms with Crippen molar-refractivity contribution in [3.8, 4) is 11.5 Å². The van der Waals surface area contributed by atoms with Gasteiger partial charge in [-0.3, -0.25) is 0 Å². The first-order valence-corrected chi connectivity index (χ1v) is 7.42. The summed E-state index contributed by atoms with van der Waals surface area (Å²) in [6.45, 7) is 2.19. The summed E-state index contributed by atoms with van der Waals surface area (Å²) in [4.78, 5) is 0. The second kappa shape index (κ2) is 7.90. The van der Waals surface area contributed by atoms with Gasteiger partial charge in [0.25, 0.3) is 0 Å². The number of halogens is 2. The fraction of sp³-hybridized carbons (Fsp3) is 0.571. The summed E-state index contributed by atoms with van der Waals surface area (Å²) in [7, 11) is 3.26. The summed E-state index contributed by atoms with van der Waals surface area (Å²) in [5.41, 5.74) is 1.06. The predicted octanol–water partition coefficient (Wildman–Crippen LogP) is 5.33. The van der Waals surface area contributed by atoms with Crippen molar-refractivity contribution in [3.63, 3.8) is 0 Å². The molecular weight excluding hydrogens is 316 g/mol. The van der Waals surface area contributed by atoms with E-state index in [2.05, 4.69) is 22.9 Å². The monoisotopic (exact) mass is 334 g/mol. The van der Waals surface area contributed by atoms with Crippen LogP contribution < -0.4 is 9.47 Å². The first-order chi connectivity index (χ1) is 8.63. The third-order valence-corrected chi connectivity index (χ3v) is 4.04. The minimum Gasteiger partial charge on any atom is -0.493 e. The molecule has 1 unspecified atom stereocenters. The molecule has 1 aromatic rings. The van der Waals surface area contributed by atoms with E-state index in [1.807, 2.05) is 12.1 Å². The number of unbranched alkanes of at least 4 members (excludes halogenated alkanes) is 2. The van der Waals surface area contributed by atoms with Gasteiger partial charge < -0.3 is 9.47 Å². The van der Waals surface area contributed by atoms with E-state index >= 15 is 0 Å². The zero-order valence-electron chi connectivity index (χ0n) is 11.1. The molecule has 0 aromatic heterocycles. The zero-order chi connectivity index (χ0) is 13.5. The summed E-state index contributed by atoms with van der Waals surface area (Å²) < 4.78 is 11.5. The topological polar surface area (TPSA) is 18.5 Å². The van der Waals surface area contributed by atoms with Crippen molar-refractivity contribution in [1.82, 2.24) is 0 Å². The Bertz CT molecular complexity index is 382. The van der Waals surface area contributed by atoms with E-state index in [-0.39, 0.29) is 5.38 Å². The Labute approximate surface area is 123 Å². The molecule has 0 saturated heterocycles. The average molecular weight is 336 g/mol. The van der Waals surface area contributed by atoms with Crippen LogP contribution in [0.15, 0.2) is 16.6 Å². The highest BCUT2D eigenvalue weighted by atomic mass is 79.9. The number of methoxy groups -OCH3 is 2. The number of alkyl halides is 1. The van der Waals surface area contributed by atoms with Crippen LogP contribution in [0.5, 0.6) is 11.5 Å². The van der Waals surface area contributed by atoms with Gasteiger partial charge in [-0.15, -0.1) is 11.6 Å². The Hall–Kier alpha value is -0.410. The minimum atomic E-state index is 0.00531. The molecule has 0 aliphatic carbocycles. The van der Waals surface area contributed by atoms with Gasteiger partial charge in [0.2, 0.25) is 0 Å². The van der Waals surface area contributed by atoms with Crippen molar-refractivity contribution >= 4 is 27.5 Å². The van der Waals surface area contributed by atoms with Gasteiger partial charge in [0, 0.05) is 4.47 Å². The Morgan fingerprint density at radius 1 is 1.17 bits per heavy atom. The molecule has 0 radical (unpaired) electrons. The van der Waals surface area contributed by atoms with Crippen LogP contribution in [0.4, 0.5) is 0 Å². The van der Waals surface area contributed by atoms with Crippen molar-refractivity contribution in [2.45, 2.75) is 38.0 Å². The van der Waals surface area contributed by atoms with Gasteiger partial charge in [-0.2, -0.15) is 0 Å². The number of ether oxygens (including phenoxy) is 2. The molecule has 0 amide bonds. The zero-order valence-corrected chi connectivity index (χ0v) is 13.5. The fourth-order valence-corrected chi connectivity index (χ4v) is 2.90. The highest BCUT2D eigenvalue weighted by molar-refractivity contribution is 9.10. The molecule has 1 atom stereocenters. The third-order valence-electron chi connectivity index (χ3n) is 2.90. The molecular formula is C14H20BrClO2. The molecule has 18 heavy (non-hydrogen) atoms. The molecule has 1 aromatic carbocycles. The minimum absolute atomic E-state index is 0.00531. The second-order valence-electron chi connectivity index (χ2n) is 4.19. The molecule has 0 saturated carbocycles. The molecule has 0 aliphatic heterocycles. The van der Waals surface area contributed by atoms with E-state index in [1.54, 1.807) is 14.2 Å². The molecule has 102 valence electrons. The van der Waals surface area contributed by atoms with Crippen LogP contribution in [-0.4, -0.2) is 14.2 Å². The Balaban J connectivity index is 2.87. The first kappa shape index (κ1) is 15.6. The number of hydrogen-bond donors (Lipinski definition) is 0. The Kier molecular flexibility index (Phi) is 6.87. The fourth-order valence-electron chi connectivity index (χ4n) is 1.84. The lowest BCUT2D eigenvalue weighted by molar-refractivity contribution is 0.354. The molecule has 1 rings (SSSR count). The van der Waals surface area contributed by atoms with Crippen LogP contribution in [-0.2, 0) is 0 Å². The lowest BCUT2D eigenvalue weighted by Crippen LogP contribution is -1.97. The van der Waals surface area contributed by atoms with Gasteiger partial charge in [-0.05, 0) is 24.1 Å². The molecule has 0 bridgehead atoms. The van der Waals surface area contributed by atoms with Crippen LogP contribution in [0.25, 0.3) is 0 Å². The van der Waals surface area contributed by atoms with Crippen LogP contribution in [0.1, 0.15) is 43.5 Å². The Morgan fingerprint density at radius 3 is 2.33 bits per heavy atom. The van der Waals surface area contributed by atoms with E-state index in [1.165, 1.54) is 12.8 Å². The maximum absolute atomic E-state index is 6.45. The SMILES string of the molecule is CCCCCC(Cl)c1cc(OC)c(OC)cc1Br. The van der Waals surface area contributed by atoms with Crippen LogP contribution >= 0.6 is 27.5 Å². The van der Waals surface area contributed by atoms with E-state index in [4.69, 9.17) is 21.1 Å². The van der Waals surface area contributed by atoms with Gasteiger partial charge >= 0.3 is 0 Å². The summed E-state index contributed by atoms with van der Waals surface area (Å²) >= 11 is 9.99. The highest BCUT2D eigenvalue weighted by Crippen LogP contribution is 2.39. The number of benzene rings is 1. The molecule has 0 N–H and O–H groups in total. The number of hydrogen-bond acceptors (Lipinski definition) is 2. The normalized spacial score (nSPS) is 12.3. The van der Waals surface area contributed by atoms with Crippen LogP contribution in [0.2, 0.25) is 0 Å². The number of rotatable bonds is 7. The van der Waals surface area contributed by atoms with Crippen molar-refractivity contribution in [1.29, 1.82) is 0 Å². The molecule has 0 fully saturated rings. The van der Waals surface area contributed by atoms with Crippen LogP contribution in [0, 0.1) is 0 Å². The summed E-state index contributed by atoms with van der Waals surface area (Å²) in [5, 5.41) is 0.00531. The third kappa shape index (κ3) is 4.06. The standard InChI is InChI=1S/C14H20BrClO2/c1-4-5-6-7-12(16)10-8-13(17-2)14(18-3)9-11(10)15/h8-9,12H,4-7H2,1-3H3. The van der Waals surface area contributed by atoms with Crippen molar-refractivity contribution in [2.75, 3.05) is 14.2 Å². The molecule has 0 aliphatic rings. The lowest BCUT2D eigenvalue weighted by Gasteiger charge is -2.15. The van der Waals surface area contributed by atoms with Crippen molar-refractivity contribution in [2.24, 2.45) is 0 Å². The summed E-state index contributed by atoms with van der Waals surface area (Å²) in [6.07, 6.45) is 4.54. The van der Waals surface area contributed by atoms with Crippen molar-refractivity contribution in [3.05, 3.63) is 22.2 Å². The van der Waals surface area contributed by atoms with Gasteiger partial charge in [0.15, 0.2) is 11.5 Å².